The maximum atomic E-state index is 5.93. The van der Waals surface area contributed by atoms with E-state index in [-0.39, 0.29) is 17.5 Å². The fourth-order valence-corrected chi connectivity index (χ4v) is 1.60. The maximum Gasteiger partial charge on any atom is 0.186 e. The van der Waals surface area contributed by atoms with Crippen molar-refractivity contribution in [3.05, 3.63) is 29.6 Å². The third-order valence-electron chi connectivity index (χ3n) is 3.46. The number of pyridine rings is 1. The van der Waals surface area contributed by atoms with Gasteiger partial charge in [0.05, 0.1) is 11.2 Å². The minimum absolute atomic E-state index is 0.289. The van der Waals surface area contributed by atoms with Crippen LogP contribution < -0.4 is 0 Å². The van der Waals surface area contributed by atoms with Gasteiger partial charge in [0, 0.05) is 17.5 Å². The van der Waals surface area contributed by atoms with Crippen LogP contribution in [-0.4, -0.2) is 16.2 Å². The normalized spacial score (nSPS) is 23.6. The van der Waals surface area contributed by atoms with E-state index in [0.717, 1.165) is 11.3 Å². The molecule has 1 fully saturated rings. The molecule has 1 aliphatic rings. The van der Waals surface area contributed by atoms with Gasteiger partial charge in [-0.15, -0.1) is 0 Å². The second-order valence-corrected chi connectivity index (χ2v) is 5.32. The molecule has 1 saturated heterocycles. The van der Waals surface area contributed by atoms with Gasteiger partial charge < -0.3 is 9.47 Å². The molecule has 88 valence electrons. The van der Waals surface area contributed by atoms with E-state index in [9.17, 15) is 0 Å². The van der Waals surface area contributed by atoms with Gasteiger partial charge in [0.25, 0.3) is 0 Å². The zero-order valence-corrected chi connectivity index (χ0v) is 10.6. The van der Waals surface area contributed by atoms with Gasteiger partial charge in [-0.2, -0.15) is 0 Å². The van der Waals surface area contributed by atoms with E-state index in [1.165, 1.54) is 0 Å². The van der Waals surface area contributed by atoms with Crippen molar-refractivity contribution in [2.24, 2.45) is 0 Å². The van der Waals surface area contributed by atoms with Crippen molar-refractivity contribution >= 4 is 0 Å². The second kappa shape index (κ2) is 3.54. The summed E-state index contributed by atoms with van der Waals surface area (Å²) < 4.78 is 11.9. The summed E-state index contributed by atoms with van der Waals surface area (Å²) in [7, 11) is 0. The topological polar surface area (TPSA) is 31.4 Å². The Bertz CT molecular complexity index is 365. The molecule has 0 bridgehead atoms. The molecule has 0 atom stereocenters. The van der Waals surface area contributed by atoms with Gasteiger partial charge in [-0.25, -0.2) is 0 Å². The number of rotatable bonds is 1. The molecule has 0 spiro atoms. The summed E-state index contributed by atoms with van der Waals surface area (Å²) in [5.74, 6) is 0. The second-order valence-electron chi connectivity index (χ2n) is 5.32. The zero-order chi connectivity index (χ0) is 12.0. The van der Waals surface area contributed by atoms with Crippen LogP contribution >= 0.6 is 0 Å². The van der Waals surface area contributed by atoms with E-state index in [1.54, 1.807) is 0 Å². The first-order chi connectivity index (χ1) is 7.32. The van der Waals surface area contributed by atoms with Crippen LogP contribution in [0.25, 0.3) is 0 Å². The molecule has 0 radical (unpaired) electrons. The molecule has 0 amide bonds. The number of hydrogen-bond donors (Lipinski definition) is 0. The number of nitrogens with zero attached hydrogens (tertiary/aromatic N) is 1. The van der Waals surface area contributed by atoms with E-state index in [4.69, 9.17) is 9.47 Å². The van der Waals surface area contributed by atoms with Crippen molar-refractivity contribution in [1.29, 1.82) is 0 Å². The molecule has 3 heteroatoms. The molecule has 16 heavy (non-hydrogen) atoms. The van der Waals surface area contributed by atoms with Crippen molar-refractivity contribution in [3.8, 4) is 0 Å². The highest BCUT2D eigenvalue weighted by Crippen LogP contribution is 2.44. The molecule has 1 aliphatic heterocycles. The lowest BCUT2D eigenvalue weighted by molar-refractivity contribution is -0.0897. The van der Waals surface area contributed by atoms with Crippen LogP contribution in [0.15, 0.2) is 18.3 Å². The van der Waals surface area contributed by atoms with Gasteiger partial charge in [-0.1, -0.05) is 6.07 Å². The highest BCUT2D eigenvalue weighted by molar-refractivity contribution is 5.16. The Morgan fingerprint density at radius 1 is 1.06 bits per heavy atom. The molecular formula is C13H19NO2. The third kappa shape index (κ3) is 1.85. The first-order valence-electron chi connectivity index (χ1n) is 5.60. The standard InChI is InChI=1S/C13H19NO2/c1-9-6-7-10(8-14-9)11-15-12(2,3)13(4,5)16-11/h6-8,11H,1-5H3. The molecule has 2 rings (SSSR count). The number of hydrogen-bond acceptors (Lipinski definition) is 3. The van der Waals surface area contributed by atoms with Crippen LogP contribution in [0.5, 0.6) is 0 Å². The van der Waals surface area contributed by atoms with E-state index in [0.29, 0.717) is 0 Å². The zero-order valence-electron chi connectivity index (χ0n) is 10.6. The van der Waals surface area contributed by atoms with Gasteiger partial charge in [-0.05, 0) is 40.7 Å². The van der Waals surface area contributed by atoms with Crippen molar-refractivity contribution in [2.75, 3.05) is 0 Å². The Morgan fingerprint density at radius 3 is 2.06 bits per heavy atom. The largest absolute Gasteiger partial charge is 0.339 e. The van der Waals surface area contributed by atoms with Crippen LogP contribution in [0.3, 0.4) is 0 Å². The first-order valence-corrected chi connectivity index (χ1v) is 5.60. The van der Waals surface area contributed by atoms with Crippen LogP contribution in [0, 0.1) is 6.92 Å². The SMILES string of the molecule is Cc1ccc(C2OC(C)(C)C(C)(C)O2)cn1. The number of ether oxygens (including phenoxy) is 2. The Balaban J connectivity index is 2.23. The molecular weight excluding hydrogens is 202 g/mol. The van der Waals surface area contributed by atoms with E-state index in [2.05, 4.69) is 32.7 Å². The summed E-state index contributed by atoms with van der Waals surface area (Å²) in [4.78, 5) is 4.26. The number of aryl methyl sites for hydroxylation is 1. The molecule has 0 aliphatic carbocycles. The molecule has 0 N–H and O–H groups in total. The molecule has 0 unspecified atom stereocenters. The van der Waals surface area contributed by atoms with Crippen molar-refractivity contribution in [1.82, 2.24) is 4.98 Å². The van der Waals surface area contributed by atoms with Gasteiger partial charge in [-0.3, -0.25) is 4.98 Å². The van der Waals surface area contributed by atoms with E-state index >= 15 is 0 Å². The first kappa shape index (κ1) is 11.6. The predicted octanol–water partition coefficient (Wildman–Crippen LogP) is 2.99. The summed E-state index contributed by atoms with van der Waals surface area (Å²) in [6.45, 7) is 10.2. The van der Waals surface area contributed by atoms with Crippen molar-refractivity contribution < 1.29 is 9.47 Å². The van der Waals surface area contributed by atoms with Crippen molar-refractivity contribution in [3.63, 3.8) is 0 Å². The highest BCUT2D eigenvalue weighted by atomic mass is 16.7. The van der Waals surface area contributed by atoms with Gasteiger partial charge >= 0.3 is 0 Å². The summed E-state index contributed by atoms with van der Waals surface area (Å²) in [6, 6.07) is 3.98. The van der Waals surface area contributed by atoms with Crippen LogP contribution in [0.2, 0.25) is 0 Å². The number of aromatic nitrogens is 1. The minimum Gasteiger partial charge on any atom is -0.339 e. The average molecular weight is 221 g/mol. The summed E-state index contributed by atoms with van der Waals surface area (Å²) in [5, 5.41) is 0. The van der Waals surface area contributed by atoms with E-state index in [1.807, 2.05) is 25.3 Å². The molecule has 0 saturated carbocycles. The molecule has 0 aromatic carbocycles. The molecule has 3 nitrogen and oxygen atoms in total. The monoisotopic (exact) mass is 221 g/mol. The Kier molecular flexibility index (Phi) is 2.55. The summed E-state index contributed by atoms with van der Waals surface area (Å²) in [6.07, 6.45) is 1.51. The Morgan fingerprint density at radius 2 is 1.62 bits per heavy atom. The lowest BCUT2D eigenvalue weighted by Gasteiger charge is -2.30. The van der Waals surface area contributed by atoms with Crippen LogP contribution in [0.4, 0.5) is 0 Å². The quantitative estimate of drug-likeness (QED) is 0.730. The van der Waals surface area contributed by atoms with Crippen molar-refractivity contribution in [2.45, 2.75) is 52.1 Å². The van der Waals surface area contributed by atoms with Crippen LogP contribution in [0.1, 0.15) is 45.2 Å². The van der Waals surface area contributed by atoms with Crippen LogP contribution in [-0.2, 0) is 9.47 Å². The molecule has 1 aromatic heterocycles. The Labute approximate surface area is 96.8 Å². The Hall–Kier alpha value is -0.930. The molecule has 1 aromatic rings. The highest BCUT2D eigenvalue weighted by Gasteiger charge is 2.49. The minimum atomic E-state index is -0.307. The predicted molar refractivity (Wildman–Crippen MR) is 62.0 cm³/mol. The van der Waals surface area contributed by atoms with E-state index < -0.39 is 0 Å². The summed E-state index contributed by atoms with van der Waals surface area (Å²) >= 11 is 0. The van der Waals surface area contributed by atoms with Gasteiger partial charge in [0.2, 0.25) is 0 Å². The lowest BCUT2D eigenvalue weighted by atomic mass is 9.90. The summed E-state index contributed by atoms with van der Waals surface area (Å²) in [5.41, 5.74) is 1.40. The molecule has 2 heterocycles. The smallest absolute Gasteiger partial charge is 0.186 e. The fourth-order valence-electron chi connectivity index (χ4n) is 1.60. The van der Waals surface area contributed by atoms with Gasteiger partial charge in [0.1, 0.15) is 0 Å². The average Bonchev–Trinajstić information content (AvgIpc) is 2.37. The van der Waals surface area contributed by atoms with Gasteiger partial charge in [0.15, 0.2) is 6.29 Å². The fraction of sp³-hybridized carbons (Fsp3) is 0.615. The third-order valence-corrected chi connectivity index (χ3v) is 3.46. The maximum absolute atomic E-state index is 5.93. The lowest BCUT2D eigenvalue weighted by Crippen LogP contribution is -2.41.